The van der Waals surface area contributed by atoms with Gasteiger partial charge in [0.2, 0.25) is 0 Å². The first-order valence-corrected chi connectivity index (χ1v) is 12.5. The van der Waals surface area contributed by atoms with E-state index in [0.29, 0.717) is 13.2 Å². The average Bonchev–Trinajstić information content (AvgIpc) is 2.83. The van der Waals surface area contributed by atoms with Crippen LogP contribution < -0.4 is 32.8 Å². The summed E-state index contributed by atoms with van der Waals surface area (Å²) in [4.78, 5) is 0. The maximum atomic E-state index is 8.49. The Bertz CT molecular complexity index is 1230. The van der Waals surface area contributed by atoms with Gasteiger partial charge in [0.1, 0.15) is 37.1 Å². The summed E-state index contributed by atoms with van der Waals surface area (Å²) >= 11 is 0. The van der Waals surface area contributed by atoms with Gasteiger partial charge in [0.05, 0.1) is 18.8 Å². The van der Waals surface area contributed by atoms with Crippen LogP contribution in [-0.4, -0.2) is 37.6 Å². The number of allylic oxidation sites excluding steroid dienone is 7. The van der Waals surface area contributed by atoms with Crippen LogP contribution in [0.1, 0.15) is 25.0 Å². The molecule has 0 amide bonds. The van der Waals surface area contributed by atoms with Crippen LogP contribution in [0.4, 0.5) is 0 Å². The second kappa shape index (κ2) is 12.0. The average molecular weight is 514 g/mol. The summed E-state index contributed by atoms with van der Waals surface area (Å²) in [5.41, 5.74) is 5.41. The van der Waals surface area contributed by atoms with E-state index < -0.39 is 10.2 Å². The van der Waals surface area contributed by atoms with Crippen molar-refractivity contribution in [2.45, 2.75) is 13.8 Å². The predicted molar refractivity (Wildman–Crippen MR) is 126 cm³/mol. The van der Waals surface area contributed by atoms with E-state index >= 15 is 0 Å². The van der Waals surface area contributed by atoms with E-state index in [0.717, 1.165) is 45.3 Å². The molecule has 1 aliphatic carbocycles. The van der Waals surface area contributed by atoms with Gasteiger partial charge >= 0.3 is 0 Å². The van der Waals surface area contributed by atoms with Gasteiger partial charge in [-0.1, -0.05) is 18.2 Å². The smallest absolute Gasteiger partial charge is 0.199 e. The van der Waals surface area contributed by atoms with Crippen LogP contribution in [0.5, 0.6) is 17.2 Å². The number of halogens is 1. The first kappa shape index (κ1) is 27.2. The third-order valence-corrected chi connectivity index (χ3v) is 5.20. The fraction of sp³-hybridized carbons (Fsp3) is 0.222. The van der Waals surface area contributed by atoms with Crippen molar-refractivity contribution in [3.63, 3.8) is 0 Å². The zero-order valence-electron chi connectivity index (χ0n) is 20.5. The van der Waals surface area contributed by atoms with Gasteiger partial charge in [-0.25, -0.2) is 23.2 Å². The van der Waals surface area contributed by atoms with Crippen LogP contribution >= 0.6 is 0 Å². The highest BCUT2D eigenvalue weighted by atomic mass is 35.7. The van der Waals surface area contributed by atoms with E-state index in [1.807, 2.05) is 64.3 Å². The Hall–Kier alpha value is -3.40. The molecule has 8 nitrogen and oxygen atoms in total. The number of benzene rings is 2. The molecule has 1 heterocycles. The van der Waals surface area contributed by atoms with E-state index in [4.69, 9.17) is 32.8 Å². The highest BCUT2D eigenvalue weighted by Gasteiger charge is 2.22. The normalized spacial score (nSPS) is 14.3. The van der Waals surface area contributed by atoms with Crippen molar-refractivity contribution in [2.24, 2.45) is 0 Å². The first-order chi connectivity index (χ1) is 17.1. The molecule has 0 saturated heterocycles. The molecule has 190 valence electrons. The maximum Gasteiger partial charge on any atom is 0.199 e. The first-order valence-electron chi connectivity index (χ1n) is 11.3. The molecule has 0 unspecified atom stereocenters. The quantitative estimate of drug-likeness (QED) is 0.540. The van der Waals surface area contributed by atoms with Crippen molar-refractivity contribution in [3.8, 4) is 17.2 Å². The molecule has 36 heavy (non-hydrogen) atoms. The molecule has 0 spiro atoms. The van der Waals surface area contributed by atoms with Gasteiger partial charge < -0.3 is 14.2 Å². The minimum absolute atomic E-state index is 0.564. The number of hydrogen-bond acceptors (Lipinski definition) is 7. The third-order valence-electron chi connectivity index (χ3n) is 5.20. The van der Waals surface area contributed by atoms with Crippen LogP contribution in [-0.2, 0) is 0 Å². The van der Waals surface area contributed by atoms with Crippen LogP contribution in [0.25, 0.3) is 11.3 Å². The number of rotatable bonds is 5. The molecule has 4 rings (SSSR count). The molecule has 0 fully saturated rings. The van der Waals surface area contributed by atoms with Gasteiger partial charge in [-0.2, -0.15) is 0 Å². The minimum atomic E-state index is -4.94. The van der Waals surface area contributed by atoms with Gasteiger partial charge in [0, 0.05) is 23.8 Å². The van der Waals surface area contributed by atoms with Crippen LogP contribution in [0.3, 0.4) is 0 Å². The lowest BCUT2D eigenvalue weighted by Gasteiger charge is -2.23. The van der Waals surface area contributed by atoms with Crippen LogP contribution in [0.2, 0.25) is 0 Å². The summed E-state index contributed by atoms with van der Waals surface area (Å²) in [6.45, 7) is 5.13. The van der Waals surface area contributed by atoms with Crippen molar-refractivity contribution in [1.29, 1.82) is 0 Å². The molecule has 0 atom stereocenters. The zero-order chi connectivity index (χ0) is 26.3. The SMILES string of the molecule is CCOc1ccc(C2=CC(=C3C=CC(=[N+](C)C)C=C3)c3ccccc3O2)c(OCC)c1.[O-][Cl+3]([O-])([O-])[O-]. The van der Waals surface area contributed by atoms with Crippen LogP contribution in [0, 0.1) is 10.2 Å². The van der Waals surface area contributed by atoms with Gasteiger partial charge in [0.15, 0.2) is 5.71 Å². The summed E-state index contributed by atoms with van der Waals surface area (Å²) in [5, 5.41) is 0. The summed E-state index contributed by atoms with van der Waals surface area (Å²) in [5.74, 6) is 3.14. The predicted octanol–water partition coefficient (Wildman–Crippen LogP) is 0.754. The van der Waals surface area contributed by atoms with E-state index in [1.165, 1.54) is 5.71 Å². The van der Waals surface area contributed by atoms with Crippen molar-refractivity contribution in [2.75, 3.05) is 27.3 Å². The van der Waals surface area contributed by atoms with Gasteiger partial charge in [-0.15, -0.1) is 10.2 Å². The van der Waals surface area contributed by atoms with E-state index in [2.05, 4.69) is 41.0 Å². The van der Waals surface area contributed by atoms with Crippen molar-refractivity contribution in [3.05, 3.63) is 89.5 Å². The zero-order valence-corrected chi connectivity index (χ0v) is 21.3. The van der Waals surface area contributed by atoms with E-state index in [9.17, 15) is 0 Å². The van der Waals surface area contributed by atoms with Gasteiger partial charge in [0.25, 0.3) is 0 Å². The minimum Gasteiger partial charge on any atom is -0.494 e. The highest BCUT2D eigenvalue weighted by Crippen LogP contribution is 2.41. The van der Waals surface area contributed by atoms with Crippen molar-refractivity contribution in [1.82, 2.24) is 0 Å². The maximum absolute atomic E-state index is 8.49. The standard InChI is InChI=1S/C27H28NO3.ClHO4/c1-5-29-21-15-16-23(26(17-21)30-6-2)27-18-24(22-9-7-8-10-25(22)31-27)19-11-13-20(14-12-19)28(3)4;2-1(3,4)5/h7-18H,5-6H2,1-4H3;(H,2,3,4,5)/q+1;/p-1. The third kappa shape index (κ3) is 7.30. The Kier molecular flexibility index (Phi) is 9.08. The monoisotopic (exact) mass is 513 g/mol. The summed E-state index contributed by atoms with van der Waals surface area (Å²) < 4.78 is 54.0. The van der Waals surface area contributed by atoms with Crippen LogP contribution in [0.15, 0.2) is 78.4 Å². The number of ether oxygens (including phenoxy) is 3. The van der Waals surface area contributed by atoms with Gasteiger partial charge in [-0.3, -0.25) is 0 Å². The Morgan fingerprint density at radius 3 is 2.08 bits per heavy atom. The Labute approximate surface area is 212 Å². The number of nitrogens with zero attached hydrogens (tertiary/aromatic N) is 1. The fourth-order valence-electron chi connectivity index (χ4n) is 3.68. The number of hydrogen-bond donors (Lipinski definition) is 0. The second-order valence-electron chi connectivity index (χ2n) is 7.86. The molecule has 9 heteroatoms. The van der Waals surface area contributed by atoms with E-state index in [-0.39, 0.29) is 0 Å². The lowest BCUT2D eigenvalue weighted by Crippen LogP contribution is -2.68. The topological polar surface area (TPSA) is 123 Å². The number of fused-ring (bicyclic) bond motifs is 1. The molecule has 1 aliphatic heterocycles. The Morgan fingerprint density at radius 2 is 1.47 bits per heavy atom. The molecular weight excluding hydrogens is 486 g/mol. The molecule has 0 bridgehead atoms. The summed E-state index contributed by atoms with van der Waals surface area (Å²) in [6.07, 6.45) is 10.7. The molecular formula is C27H28ClNO7. The molecule has 0 N–H and O–H groups in total. The lowest BCUT2D eigenvalue weighted by atomic mass is 9.92. The largest absolute Gasteiger partial charge is 0.494 e. The second-order valence-corrected chi connectivity index (χ2v) is 8.62. The number of para-hydroxylation sites is 1. The van der Waals surface area contributed by atoms with Crippen molar-refractivity contribution >= 4 is 17.0 Å². The molecule has 0 saturated carbocycles. The summed E-state index contributed by atoms with van der Waals surface area (Å²) in [7, 11) is -0.851. The molecule has 0 radical (unpaired) electrons. The molecule has 0 aromatic heterocycles. The highest BCUT2D eigenvalue weighted by molar-refractivity contribution is 6.04. The molecule has 2 aliphatic rings. The summed E-state index contributed by atoms with van der Waals surface area (Å²) in [6, 6.07) is 14.0. The Balaban J connectivity index is 0.000000658. The van der Waals surface area contributed by atoms with E-state index in [1.54, 1.807) is 0 Å². The lowest BCUT2D eigenvalue weighted by molar-refractivity contribution is -2.00. The molecule has 2 aromatic rings. The fourth-order valence-corrected chi connectivity index (χ4v) is 3.68. The van der Waals surface area contributed by atoms with Crippen molar-refractivity contribution < 1.29 is 47.7 Å². The van der Waals surface area contributed by atoms with Gasteiger partial charge in [-0.05, 0) is 61.4 Å². The Morgan fingerprint density at radius 1 is 0.833 bits per heavy atom. The molecule has 2 aromatic carbocycles.